The summed E-state index contributed by atoms with van der Waals surface area (Å²) in [6.07, 6.45) is 2.77. The Kier molecular flexibility index (Phi) is 4.74. The van der Waals surface area contributed by atoms with Gasteiger partial charge in [-0.05, 0) is 36.5 Å². The van der Waals surface area contributed by atoms with Crippen molar-refractivity contribution >= 4 is 5.91 Å². The maximum atomic E-state index is 12.2. The average Bonchev–Trinajstić information content (AvgIpc) is 3.39. The van der Waals surface area contributed by atoms with Crippen LogP contribution in [0.15, 0.2) is 60.7 Å². The molecule has 1 aliphatic carbocycles. The van der Waals surface area contributed by atoms with Gasteiger partial charge in [-0.2, -0.15) is 0 Å². The Balaban J connectivity index is 1.49. The van der Waals surface area contributed by atoms with Crippen molar-refractivity contribution in [2.24, 2.45) is 5.92 Å². The maximum Gasteiger partial charge on any atom is 0.223 e. The quantitative estimate of drug-likeness (QED) is 0.845. The van der Waals surface area contributed by atoms with Crippen molar-refractivity contribution in [3.05, 3.63) is 66.2 Å². The first-order valence-corrected chi connectivity index (χ1v) is 7.85. The van der Waals surface area contributed by atoms with Crippen LogP contribution >= 0.6 is 0 Å². The first-order valence-electron chi connectivity index (χ1n) is 7.85. The van der Waals surface area contributed by atoms with E-state index < -0.39 is 0 Å². The third-order valence-electron chi connectivity index (χ3n) is 3.91. The molecular formula is C19H21NO2. The molecule has 0 bridgehead atoms. The highest BCUT2D eigenvalue weighted by Gasteiger charge is 2.33. The number of carbonyl (C=O) groups excluding carboxylic acids is 1. The van der Waals surface area contributed by atoms with Crippen molar-refractivity contribution in [1.29, 1.82) is 0 Å². The lowest BCUT2D eigenvalue weighted by Crippen LogP contribution is -2.30. The lowest BCUT2D eigenvalue weighted by atomic mass is 10.0. The third kappa shape index (κ3) is 4.10. The summed E-state index contributed by atoms with van der Waals surface area (Å²) in [7, 11) is 0. The fraction of sp³-hybridized carbons (Fsp3) is 0.316. The first-order chi connectivity index (χ1) is 10.8. The van der Waals surface area contributed by atoms with E-state index in [0.29, 0.717) is 18.9 Å². The van der Waals surface area contributed by atoms with Gasteiger partial charge in [0, 0.05) is 0 Å². The molecule has 3 rings (SSSR count). The number of hydrogen-bond donors (Lipinski definition) is 1. The fourth-order valence-electron chi connectivity index (χ4n) is 2.59. The molecule has 0 radical (unpaired) electrons. The number of amides is 1. The SMILES string of the molecule is O=C(CCOc1ccccc1)NC(c1ccccc1)C1CC1. The summed E-state index contributed by atoms with van der Waals surface area (Å²) in [5.74, 6) is 1.44. The van der Waals surface area contributed by atoms with Crippen molar-refractivity contribution in [3.8, 4) is 5.75 Å². The van der Waals surface area contributed by atoms with Crippen molar-refractivity contribution in [2.45, 2.75) is 25.3 Å². The largest absolute Gasteiger partial charge is 0.493 e. The van der Waals surface area contributed by atoms with E-state index in [1.54, 1.807) is 0 Å². The monoisotopic (exact) mass is 295 g/mol. The summed E-state index contributed by atoms with van der Waals surface area (Å²) in [6.45, 7) is 0.405. The zero-order valence-electron chi connectivity index (χ0n) is 12.6. The van der Waals surface area contributed by atoms with Crippen LogP contribution in [0.1, 0.15) is 30.9 Å². The Hall–Kier alpha value is -2.29. The van der Waals surface area contributed by atoms with Gasteiger partial charge in [-0.1, -0.05) is 48.5 Å². The molecule has 0 spiro atoms. The lowest BCUT2D eigenvalue weighted by Gasteiger charge is -2.19. The second-order valence-corrected chi connectivity index (χ2v) is 5.70. The fourth-order valence-corrected chi connectivity index (χ4v) is 2.59. The molecule has 1 saturated carbocycles. The Bertz CT molecular complexity index is 593. The minimum absolute atomic E-state index is 0.0525. The van der Waals surface area contributed by atoms with Gasteiger partial charge in [0.15, 0.2) is 0 Å². The third-order valence-corrected chi connectivity index (χ3v) is 3.91. The molecule has 1 aliphatic rings. The molecule has 114 valence electrons. The van der Waals surface area contributed by atoms with Crippen LogP contribution in [0.25, 0.3) is 0 Å². The molecule has 0 aliphatic heterocycles. The molecule has 1 N–H and O–H groups in total. The van der Waals surface area contributed by atoms with Gasteiger partial charge in [-0.25, -0.2) is 0 Å². The van der Waals surface area contributed by atoms with Crippen LogP contribution in [0.5, 0.6) is 5.75 Å². The van der Waals surface area contributed by atoms with Crippen LogP contribution in [0.4, 0.5) is 0 Å². The number of ether oxygens (including phenoxy) is 1. The average molecular weight is 295 g/mol. The highest BCUT2D eigenvalue weighted by atomic mass is 16.5. The number of hydrogen-bond acceptors (Lipinski definition) is 2. The Morgan fingerprint density at radius 1 is 1.05 bits per heavy atom. The van der Waals surface area contributed by atoms with E-state index >= 15 is 0 Å². The van der Waals surface area contributed by atoms with Crippen LogP contribution in [-0.4, -0.2) is 12.5 Å². The summed E-state index contributed by atoms with van der Waals surface area (Å²) < 4.78 is 5.58. The molecule has 22 heavy (non-hydrogen) atoms. The number of carbonyl (C=O) groups is 1. The first kappa shape index (κ1) is 14.6. The molecule has 1 amide bonds. The lowest BCUT2D eigenvalue weighted by molar-refractivity contribution is -0.122. The van der Waals surface area contributed by atoms with E-state index in [9.17, 15) is 4.79 Å². The van der Waals surface area contributed by atoms with Gasteiger partial charge in [0.2, 0.25) is 5.91 Å². The van der Waals surface area contributed by atoms with Crippen LogP contribution < -0.4 is 10.1 Å². The second-order valence-electron chi connectivity index (χ2n) is 5.70. The smallest absolute Gasteiger partial charge is 0.223 e. The number of para-hydroxylation sites is 1. The van der Waals surface area contributed by atoms with Crippen molar-refractivity contribution < 1.29 is 9.53 Å². The summed E-state index contributed by atoms with van der Waals surface area (Å²) in [5.41, 5.74) is 1.20. The van der Waals surface area contributed by atoms with Crippen LogP contribution in [-0.2, 0) is 4.79 Å². The van der Waals surface area contributed by atoms with E-state index in [0.717, 1.165) is 5.75 Å². The zero-order chi connectivity index (χ0) is 15.2. The standard InChI is InChI=1S/C19H21NO2/c21-18(13-14-22-17-9-5-2-6-10-17)20-19(16-11-12-16)15-7-3-1-4-8-15/h1-10,16,19H,11-14H2,(H,20,21). The maximum absolute atomic E-state index is 12.2. The van der Waals surface area contributed by atoms with Gasteiger partial charge in [-0.3, -0.25) is 4.79 Å². The predicted molar refractivity (Wildman–Crippen MR) is 86.6 cm³/mol. The normalized spacial score (nSPS) is 15.1. The molecule has 0 aromatic heterocycles. The van der Waals surface area contributed by atoms with Crippen molar-refractivity contribution in [2.75, 3.05) is 6.61 Å². The predicted octanol–water partition coefficient (Wildman–Crippen LogP) is 3.72. The van der Waals surface area contributed by atoms with E-state index in [4.69, 9.17) is 4.74 Å². The Labute approximate surface area is 131 Å². The molecule has 2 aromatic carbocycles. The molecule has 0 heterocycles. The van der Waals surface area contributed by atoms with Crippen LogP contribution in [0.2, 0.25) is 0 Å². The zero-order valence-corrected chi connectivity index (χ0v) is 12.6. The highest BCUT2D eigenvalue weighted by Crippen LogP contribution is 2.40. The summed E-state index contributed by atoms with van der Waals surface area (Å²) in [5, 5.41) is 3.16. The van der Waals surface area contributed by atoms with E-state index in [1.165, 1.54) is 18.4 Å². The molecular weight excluding hydrogens is 274 g/mol. The summed E-state index contributed by atoms with van der Waals surface area (Å²) >= 11 is 0. The minimum Gasteiger partial charge on any atom is -0.493 e. The molecule has 3 nitrogen and oxygen atoms in total. The van der Waals surface area contributed by atoms with Gasteiger partial charge in [0.05, 0.1) is 19.1 Å². The van der Waals surface area contributed by atoms with Gasteiger partial charge >= 0.3 is 0 Å². The van der Waals surface area contributed by atoms with Gasteiger partial charge in [0.25, 0.3) is 0 Å². The van der Waals surface area contributed by atoms with Gasteiger partial charge in [-0.15, -0.1) is 0 Å². The Morgan fingerprint density at radius 3 is 2.32 bits per heavy atom. The molecule has 0 saturated heterocycles. The minimum atomic E-state index is 0.0525. The number of rotatable bonds is 7. The highest BCUT2D eigenvalue weighted by molar-refractivity contribution is 5.76. The van der Waals surface area contributed by atoms with Crippen molar-refractivity contribution in [1.82, 2.24) is 5.32 Å². The Morgan fingerprint density at radius 2 is 1.68 bits per heavy atom. The van der Waals surface area contributed by atoms with E-state index in [-0.39, 0.29) is 11.9 Å². The second kappa shape index (κ2) is 7.12. The number of nitrogens with one attached hydrogen (secondary N) is 1. The van der Waals surface area contributed by atoms with E-state index in [1.807, 2.05) is 48.5 Å². The van der Waals surface area contributed by atoms with Gasteiger partial charge < -0.3 is 10.1 Å². The molecule has 3 heteroatoms. The van der Waals surface area contributed by atoms with Crippen LogP contribution in [0.3, 0.4) is 0 Å². The molecule has 1 atom stereocenters. The van der Waals surface area contributed by atoms with E-state index in [2.05, 4.69) is 17.4 Å². The number of benzene rings is 2. The summed E-state index contributed by atoms with van der Waals surface area (Å²) in [6, 6.07) is 20.0. The molecule has 2 aromatic rings. The van der Waals surface area contributed by atoms with Crippen LogP contribution in [0, 0.1) is 5.92 Å². The molecule has 1 fully saturated rings. The van der Waals surface area contributed by atoms with Gasteiger partial charge in [0.1, 0.15) is 5.75 Å². The topological polar surface area (TPSA) is 38.3 Å². The summed E-state index contributed by atoms with van der Waals surface area (Å²) in [4.78, 5) is 12.2. The molecule has 1 unspecified atom stereocenters. The van der Waals surface area contributed by atoms with Crippen molar-refractivity contribution in [3.63, 3.8) is 0 Å².